The number of aliphatic hydroxyl groups is 2. The molecule has 0 bridgehead atoms. The molecule has 1 amide bonds. The molecule has 0 atom stereocenters. The number of rotatable bonds is 6. The molecule has 0 aromatic heterocycles. The molecule has 0 spiro atoms. The fraction of sp³-hybridized carbons (Fsp3) is 0.875. The maximum atomic E-state index is 11.4. The summed E-state index contributed by atoms with van der Waals surface area (Å²) in [5.41, 5.74) is -1.45. The molecule has 9 heteroatoms. The second-order valence-electron chi connectivity index (χ2n) is 4.04. The second-order valence-corrected chi connectivity index (χ2v) is 5.45. The van der Waals surface area contributed by atoms with Crippen LogP contribution in [0.2, 0.25) is 0 Å². The van der Waals surface area contributed by atoms with E-state index >= 15 is 0 Å². The summed E-state index contributed by atoms with van der Waals surface area (Å²) in [4.78, 5) is 11.1. The van der Waals surface area contributed by atoms with Crippen LogP contribution in [0.1, 0.15) is 20.8 Å². The summed E-state index contributed by atoms with van der Waals surface area (Å²) < 4.78 is 30.9. The van der Waals surface area contributed by atoms with E-state index < -0.39 is 41.2 Å². The van der Waals surface area contributed by atoms with Crippen molar-refractivity contribution in [3.8, 4) is 0 Å². The topological polar surface area (TPSA) is 125 Å². The van der Waals surface area contributed by atoms with Crippen molar-refractivity contribution in [3.63, 3.8) is 0 Å². The van der Waals surface area contributed by atoms with Gasteiger partial charge < -0.3 is 14.9 Å². The van der Waals surface area contributed by atoms with Crippen molar-refractivity contribution >= 4 is 16.3 Å². The summed E-state index contributed by atoms with van der Waals surface area (Å²) in [5.74, 6) is 0. The highest BCUT2D eigenvalue weighted by molar-refractivity contribution is 7.88. The van der Waals surface area contributed by atoms with Gasteiger partial charge in [-0.3, -0.25) is 0 Å². The molecule has 0 aliphatic carbocycles. The molecular weight excluding hydrogens is 252 g/mol. The number of hydrogen-bond donors (Lipinski definition) is 4. The van der Waals surface area contributed by atoms with E-state index in [9.17, 15) is 13.2 Å². The summed E-state index contributed by atoms with van der Waals surface area (Å²) in [6.45, 7) is 3.16. The minimum Gasteiger partial charge on any atom is -0.446 e. The van der Waals surface area contributed by atoms with E-state index in [-0.39, 0.29) is 0 Å². The molecule has 0 rings (SSSR count). The largest absolute Gasteiger partial charge is 0.446 e. The highest BCUT2D eigenvalue weighted by Gasteiger charge is 2.29. The van der Waals surface area contributed by atoms with Crippen LogP contribution in [0.3, 0.4) is 0 Å². The van der Waals surface area contributed by atoms with Gasteiger partial charge in [-0.2, -0.15) is 13.1 Å². The normalized spacial score (nSPS) is 12.6. The number of hydrogen-bond acceptors (Lipinski definition) is 6. The minimum atomic E-state index is -4.20. The Labute approximate surface area is 100 Å². The van der Waals surface area contributed by atoms with Crippen molar-refractivity contribution in [1.29, 1.82) is 0 Å². The van der Waals surface area contributed by atoms with Crippen LogP contribution in [-0.2, 0) is 14.9 Å². The van der Waals surface area contributed by atoms with Gasteiger partial charge in [0.2, 0.25) is 0 Å². The molecule has 0 unspecified atom stereocenters. The molecule has 0 heterocycles. The number of carbonyl (C=O) groups is 1. The van der Waals surface area contributed by atoms with Gasteiger partial charge in [0.05, 0.1) is 24.9 Å². The summed E-state index contributed by atoms with van der Waals surface area (Å²) in [6, 6.07) is 0. The maximum absolute atomic E-state index is 11.4. The Morgan fingerprint density at radius 2 is 1.82 bits per heavy atom. The number of nitrogens with one attached hydrogen (secondary N) is 2. The summed E-state index contributed by atoms with van der Waals surface area (Å²) in [6.07, 6.45) is -1.60. The molecule has 0 aromatic carbocycles. The molecule has 0 saturated heterocycles. The lowest BCUT2D eigenvalue weighted by atomic mass is 10.1. The van der Waals surface area contributed by atoms with Crippen molar-refractivity contribution in [2.75, 3.05) is 13.2 Å². The Morgan fingerprint density at radius 1 is 1.35 bits per heavy atom. The summed E-state index contributed by atoms with van der Waals surface area (Å²) >= 11 is 0. The van der Waals surface area contributed by atoms with Gasteiger partial charge in [0.1, 0.15) is 0 Å². The first-order valence-corrected chi connectivity index (χ1v) is 6.36. The van der Waals surface area contributed by atoms with Crippen molar-refractivity contribution in [2.45, 2.75) is 32.4 Å². The third kappa shape index (κ3) is 6.41. The standard InChI is InChI=1S/C8H18N2O6S/c1-6(2)16-7(13)9-17(14,15)10-8(3,4-11)5-12/h6,10-12H,4-5H2,1-3H3,(H,9,13). The Morgan fingerprint density at radius 3 is 2.18 bits per heavy atom. The zero-order valence-corrected chi connectivity index (χ0v) is 10.7. The van der Waals surface area contributed by atoms with Crippen LogP contribution in [0, 0.1) is 0 Å². The predicted molar refractivity (Wildman–Crippen MR) is 59.4 cm³/mol. The second kappa shape index (κ2) is 6.15. The maximum Gasteiger partial charge on any atom is 0.422 e. The smallest absolute Gasteiger partial charge is 0.422 e. The molecule has 4 N–H and O–H groups in total. The van der Waals surface area contributed by atoms with Crippen LogP contribution >= 0.6 is 0 Å². The van der Waals surface area contributed by atoms with Crippen LogP contribution in [0.4, 0.5) is 4.79 Å². The van der Waals surface area contributed by atoms with Gasteiger partial charge in [-0.15, -0.1) is 0 Å². The number of carbonyl (C=O) groups excluding carboxylic acids is 1. The monoisotopic (exact) mass is 270 g/mol. The molecule has 17 heavy (non-hydrogen) atoms. The first-order chi connectivity index (χ1) is 7.64. The van der Waals surface area contributed by atoms with Gasteiger partial charge >= 0.3 is 16.3 Å². The van der Waals surface area contributed by atoms with E-state index in [4.69, 9.17) is 10.2 Å². The van der Waals surface area contributed by atoms with Gasteiger partial charge in [0, 0.05) is 0 Å². The van der Waals surface area contributed by atoms with Gasteiger partial charge in [-0.25, -0.2) is 9.52 Å². The van der Waals surface area contributed by atoms with Crippen molar-refractivity contribution in [3.05, 3.63) is 0 Å². The SMILES string of the molecule is CC(C)OC(=O)NS(=O)(=O)NC(C)(CO)CO. The summed E-state index contributed by atoms with van der Waals surface area (Å²) in [7, 11) is -4.20. The van der Waals surface area contributed by atoms with E-state index in [0.717, 1.165) is 0 Å². The Hall–Kier alpha value is -0.900. The number of amides is 1. The molecule has 0 fully saturated rings. The van der Waals surface area contributed by atoms with Crippen LogP contribution < -0.4 is 9.44 Å². The molecule has 102 valence electrons. The lowest BCUT2D eigenvalue weighted by Crippen LogP contribution is -2.56. The van der Waals surface area contributed by atoms with Gasteiger partial charge in [-0.05, 0) is 20.8 Å². The van der Waals surface area contributed by atoms with Crippen LogP contribution in [0.5, 0.6) is 0 Å². The Kier molecular flexibility index (Phi) is 5.82. The zero-order chi connectivity index (χ0) is 13.7. The number of aliphatic hydroxyl groups excluding tert-OH is 2. The third-order valence-electron chi connectivity index (χ3n) is 1.64. The number of ether oxygens (including phenoxy) is 1. The zero-order valence-electron chi connectivity index (χ0n) is 9.93. The molecular formula is C8H18N2O6S. The van der Waals surface area contributed by atoms with E-state index in [1.807, 2.05) is 4.72 Å². The van der Waals surface area contributed by atoms with E-state index in [1.54, 1.807) is 18.6 Å². The quantitative estimate of drug-likeness (QED) is 0.475. The molecule has 0 saturated carbocycles. The van der Waals surface area contributed by atoms with E-state index in [0.29, 0.717) is 0 Å². The van der Waals surface area contributed by atoms with Gasteiger partial charge in [0.15, 0.2) is 0 Å². The molecule has 0 radical (unpaired) electrons. The first-order valence-electron chi connectivity index (χ1n) is 4.88. The predicted octanol–water partition coefficient (Wildman–Crippen LogP) is -1.30. The fourth-order valence-electron chi connectivity index (χ4n) is 0.812. The third-order valence-corrected chi connectivity index (χ3v) is 2.84. The average molecular weight is 270 g/mol. The van der Waals surface area contributed by atoms with E-state index in [1.165, 1.54) is 6.92 Å². The average Bonchev–Trinajstić information content (AvgIpc) is 2.14. The van der Waals surface area contributed by atoms with Crippen molar-refractivity contribution in [2.24, 2.45) is 0 Å². The van der Waals surface area contributed by atoms with Gasteiger partial charge in [-0.1, -0.05) is 0 Å². The van der Waals surface area contributed by atoms with E-state index in [2.05, 4.69) is 4.74 Å². The highest BCUT2D eigenvalue weighted by atomic mass is 32.2. The summed E-state index contributed by atoms with van der Waals surface area (Å²) in [5, 5.41) is 17.8. The lowest BCUT2D eigenvalue weighted by molar-refractivity contribution is 0.116. The Balaban J connectivity index is 4.55. The lowest BCUT2D eigenvalue weighted by Gasteiger charge is -2.25. The van der Waals surface area contributed by atoms with Gasteiger partial charge in [0.25, 0.3) is 0 Å². The fourth-order valence-corrected chi connectivity index (χ4v) is 1.91. The van der Waals surface area contributed by atoms with Crippen LogP contribution in [0.15, 0.2) is 0 Å². The van der Waals surface area contributed by atoms with Crippen LogP contribution in [0.25, 0.3) is 0 Å². The van der Waals surface area contributed by atoms with Crippen molar-refractivity contribution in [1.82, 2.24) is 9.44 Å². The van der Waals surface area contributed by atoms with Crippen molar-refractivity contribution < 1.29 is 28.2 Å². The van der Waals surface area contributed by atoms with Crippen LogP contribution in [-0.4, -0.2) is 49.6 Å². The Bertz CT molecular complexity index is 349. The minimum absolute atomic E-state index is 0.465. The molecule has 0 aliphatic rings. The first kappa shape index (κ1) is 16.1. The molecule has 0 aliphatic heterocycles. The molecule has 0 aromatic rings. The molecule has 8 nitrogen and oxygen atoms in total. The highest BCUT2D eigenvalue weighted by Crippen LogP contribution is 2.02.